The van der Waals surface area contributed by atoms with E-state index in [1.807, 2.05) is 0 Å². The highest BCUT2D eigenvalue weighted by Gasteiger charge is 2.27. The van der Waals surface area contributed by atoms with Crippen LogP contribution in [-0.2, 0) is 6.54 Å². The Bertz CT molecular complexity index is 511. The smallest absolute Gasteiger partial charge is 0.213 e. The molecule has 1 N–H and O–H groups in total. The van der Waals surface area contributed by atoms with Crippen LogP contribution in [0.25, 0.3) is 0 Å². The van der Waals surface area contributed by atoms with E-state index in [1.165, 1.54) is 6.39 Å². The number of nitrogens with zero attached hydrogens (tertiary/aromatic N) is 4. The van der Waals surface area contributed by atoms with Crippen LogP contribution in [0.15, 0.2) is 17.0 Å². The molecule has 2 aromatic heterocycles. The number of nitrogens with one attached hydrogen (secondary N) is 1. The summed E-state index contributed by atoms with van der Waals surface area (Å²) in [5.74, 6) is 2.55. The molecule has 2 aromatic rings. The molecule has 0 bridgehead atoms. The number of halogens is 1. The number of hydrogen-bond acceptors (Lipinski definition) is 6. The lowest BCUT2D eigenvalue weighted by molar-refractivity contribution is 0.411. The quantitative estimate of drug-likeness (QED) is 0.838. The molecular weight excluding hydrogens is 242 g/mol. The summed E-state index contributed by atoms with van der Waals surface area (Å²) in [5, 5.41) is 7.25. The van der Waals surface area contributed by atoms with Crippen molar-refractivity contribution in [2.24, 2.45) is 0 Å². The van der Waals surface area contributed by atoms with E-state index < -0.39 is 0 Å². The first-order chi connectivity index (χ1) is 8.31. The predicted octanol–water partition coefficient (Wildman–Crippen LogP) is 2.00. The first-order valence-corrected chi connectivity index (χ1v) is 5.72. The molecule has 0 amide bonds. The molecule has 17 heavy (non-hydrogen) atoms. The zero-order chi connectivity index (χ0) is 11.7. The van der Waals surface area contributed by atoms with Crippen molar-refractivity contribution >= 4 is 17.4 Å². The van der Waals surface area contributed by atoms with Crippen molar-refractivity contribution in [1.82, 2.24) is 20.1 Å². The third-order valence-corrected chi connectivity index (χ3v) is 2.68. The Labute approximate surface area is 102 Å². The molecule has 0 atom stereocenters. The summed E-state index contributed by atoms with van der Waals surface area (Å²) in [6.07, 6.45) is 3.58. The third kappa shape index (κ3) is 2.52. The van der Waals surface area contributed by atoms with Gasteiger partial charge in [-0.25, -0.2) is 9.97 Å². The second kappa shape index (κ2) is 4.29. The molecule has 0 aliphatic heterocycles. The van der Waals surface area contributed by atoms with Gasteiger partial charge in [-0.05, 0) is 12.8 Å². The van der Waals surface area contributed by atoms with E-state index in [9.17, 15) is 0 Å². The maximum atomic E-state index is 5.94. The van der Waals surface area contributed by atoms with Gasteiger partial charge in [-0.15, -0.1) is 0 Å². The molecule has 0 unspecified atom stereocenters. The lowest BCUT2D eigenvalue weighted by atomic mass is 10.4. The van der Waals surface area contributed by atoms with Gasteiger partial charge in [0.1, 0.15) is 16.8 Å². The molecule has 0 radical (unpaired) electrons. The largest absolute Gasteiger partial charge is 0.362 e. The molecule has 1 aliphatic carbocycles. The van der Waals surface area contributed by atoms with E-state index in [4.69, 9.17) is 11.6 Å². The zero-order valence-electron chi connectivity index (χ0n) is 8.93. The van der Waals surface area contributed by atoms with Crippen molar-refractivity contribution in [3.8, 4) is 0 Å². The summed E-state index contributed by atoms with van der Waals surface area (Å²) in [6.45, 7) is 0.452. The normalized spacial score (nSPS) is 14.9. The Morgan fingerprint density at radius 1 is 1.41 bits per heavy atom. The van der Waals surface area contributed by atoms with Crippen LogP contribution in [-0.4, -0.2) is 20.1 Å². The van der Waals surface area contributed by atoms with Gasteiger partial charge in [-0.1, -0.05) is 16.8 Å². The molecule has 0 spiro atoms. The summed E-state index contributed by atoms with van der Waals surface area (Å²) in [4.78, 5) is 12.5. The molecule has 1 fully saturated rings. The van der Waals surface area contributed by atoms with Crippen LogP contribution < -0.4 is 5.32 Å². The summed E-state index contributed by atoms with van der Waals surface area (Å²) in [6, 6.07) is 1.69. The minimum atomic E-state index is 0.452. The monoisotopic (exact) mass is 251 g/mol. The lowest BCUT2D eigenvalue weighted by Crippen LogP contribution is -2.05. The SMILES string of the molecule is Clc1cc(NCc2ncon2)nc(C2CC2)n1. The van der Waals surface area contributed by atoms with Gasteiger partial charge in [0.2, 0.25) is 6.39 Å². The highest BCUT2D eigenvalue weighted by atomic mass is 35.5. The van der Waals surface area contributed by atoms with Crippen LogP contribution in [0.3, 0.4) is 0 Å². The highest BCUT2D eigenvalue weighted by Crippen LogP contribution is 2.38. The second-order valence-electron chi connectivity index (χ2n) is 3.91. The van der Waals surface area contributed by atoms with E-state index in [-0.39, 0.29) is 0 Å². The summed E-state index contributed by atoms with van der Waals surface area (Å²) < 4.78 is 4.64. The molecule has 3 rings (SSSR count). The Kier molecular flexibility index (Phi) is 2.64. The minimum absolute atomic E-state index is 0.452. The third-order valence-electron chi connectivity index (χ3n) is 2.49. The maximum absolute atomic E-state index is 5.94. The van der Waals surface area contributed by atoms with Gasteiger partial charge in [-0.3, -0.25) is 0 Å². The Balaban J connectivity index is 1.73. The van der Waals surface area contributed by atoms with Crippen LogP contribution in [0.2, 0.25) is 5.15 Å². The molecule has 88 valence electrons. The molecular formula is C10H10ClN5O. The highest BCUT2D eigenvalue weighted by molar-refractivity contribution is 6.29. The summed E-state index contributed by atoms with van der Waals surface area (Å²) >= 11 is 5.94. The van der Waals surface area contributed by atoms with Gasteiger partial charge >= 0.3 is 0 Å². The first-order valence-electron chi connectivity index (χ1n) is 5.35. The van der Waals surface area contributed by atoms with Crippen molar-refractivity contribution in [1.29, 1.82) is 0 Å². The maximum Gasteiger partial charge on any atom is 0.213 e. The first kappa shape index (κ1) is 10.5. The molecule has 0 saturated heterocycles. The lowest BCUT2D eigenvalue weighted by Gasteiger charge is -2.05. The number of rotatable bonds is 4. The number of anilines is 1. The van der Waals surface area contributed by atoms with Crippen molar-refractivity contribution in [2.45, 2.75) is 25.3 Å². The Morgan fingerprint density at radius 2 is 2.29 bits per heavy atom. The standard InChI is InChI=1S/C10H10ClN5O/c11-7-3-8(12-4-9-13-5-17-16-9)15-10(14-7)6-1-2-6/h3,5-6H,1-2,4H2,(H,12,14,15). The fourth-order valence-electron chi connectivity index (χ4n) is 1.49. The predicted molar refractivity (Wildman–Crippen MR) is 60.6 cm³/mol. The Morgan fingerprint density at radius 3 is 3.00 bits per heavy atom. The van der Waals surface area contributed by atoms with E-state index in [2.05, 4.69) is 29.9 Å². The fraction of sp³-hybridized carbons (Fsp3) is 0.400. The minimum Gasteiger partial charge on any atom is -0.362 e. The van der Waals surface area contributed by atoms with E-state index in [0.29, 0.717) is 29.3 Å². The van der Waals surface area contributed by atoms with Gasteiger partial charge < -0.3 is 9.84 Å². The molecule has 1 saturated carbocycles. The molecule has 7 heteroatoms. The topological polar surface area (TPSA) is 76.7 Å². The van der Waals surface area contributed by atoms with Crippen LogP contribution in [0.1, 0.15) is 30.4 Å². The molecule has 2 heterocycles. The van der Waals surface area contributed by atoms with Crippen molar-refractivity contribution in [3.63, 3.8) is 0 Å². The number of aromatic nitrogens is 4. The van der Waals surface area contributed by atoms with Crippen molar-refractivity contribution < 1.29 is 4.52 Å². The van der Waals surface area contributed by atoms with Crippen molar-refractivity contribution in [2.75, 3.05) is 5.32 Å². The van der Waals surface area contributed by atoms with E-state index >= 15 is 0 Å². The van der Waals surface area contributed by atoms with Crippen LogP contribution >= 0.6 is 11.6 Å². The zero-order valence-corrected chi connectivity index (χ0v) is 9.68. The molecule has 0 aromatic carbocycles. The van der Waals surface area contributed by atoms with Gasteiger partial charge in [0, 0.05) is 12.0 Å². The summed E-state index contributed by atoms with van der Waals surface area (Å²) in [5.41, 5.74) is 0. The average Bonchev–Trinajstić information content (AvgIpc) is 3.04. The van der Waals surface area contributed by atoms with Crippen LogP contribution in [0.5, 0.6) is 0 Å². The number of hydrogen-bond donors (Lipinski definition) is 1. The Hall–Kier alpha value is -1.69. The van der Waals surface area contributed by atoms with Crippen LogP contribution in [0, 0.1) is 0 Å². The van der Waals surface area contributed by atoms with Gasteiger partial charge in [0.05, 0.1) is 6.54 Å². The molecule has 1 aliphatic rings. The van der Waals surface area contributed by atoms with Gasteiger partial charge in [0.25, 0.3) is 0 Å². The molecule has 6 nitrogen and oxygen atoms in total. The van der Waals surface area contributed by atoms with E-state index in [1.54, 1.807) is 6.07 Å². The van der Waals surface area contributed by atoms with E-state index in [0.717, 1.165) is 18.7 Å². The fourth-order valence-corrected chi connectivity index (χ4v) is 1.68. The van der Waals surface area contributed by atoms with Crippen LogP contribution in [0.4, 0.5) is 5.82 Å². The average molecular weight is 252 g/mol. The summed E-state index contributed by atoms with van der Waals surface area (Å²) in [7, 11) is 0. The van der Waals surface area contributed by atoms with Gasteiger partial charge in [-0.2, -0.15) is 4.98 Å². The second-order valence-corrected chi connectivity index (χ2v) is 4.30. The van der Waals surface area contributed by atoms with Crippen molar-refractivity contribution in [3.05, 3.63) is 29.3 Å². The van der Waals surface area contributed by atoms with Gasteiger partial charge in [0.15, 0.2) is 5.82 Å².